The molecule has 0 aliphatic rings. The van der Waals surface area contributed by atoms with Crippen LogP contribution in [0.4, 0.5) is 10.1 Å². The molecule has 0 fully saturated rings. The van der Waals surface area contributed by atoms with Crippen LogP contribution in [0.3, 0.4) is 0 Å². The quantitative estimate of drug-likeness (QED) is 0.843. The molecule has 1 heterocycles. The van der Waals surface area contributed by atoms with Crippen molar-refractivity contribution in [2.24, 2.45) is 0 Å². The van der Waals surface area contributed by atoms with Crippen molar-refractivity contribution in [3.63, 3.8) is 0 Å². The summed E-state index contributed by atoms with van der Waals surface area (Å²) < 4.78 is 13.2. The normalized spacial score (nSPS) is 10.3. The first-order valence-electron chi connectivity index (χ1n) is 4.60. The fourth-order valence-corrected chi connectivity index (χ4v) is 2.04. The summed E-state index contributed by atoms with van der Waals surface area (Å²) in [6.45, 7) is 0. The van der Waals surface area contributed by atoms with Crippen LogP contribution < -0.4 is 4.90 Å². The summed E-state index contributed by atoms with van der Waals surface area (Å²) >= 11 is 6.58. The van der Waals surface area contributed by atoms with E-state index in [0.717, 1.165) is 11.3 Å². The fourth-order valence-electron chi connectivity index (χ4n) is 1.24. The molecule has 0 bridgehead atoms. The summed E-state index contributed by atoms with van der Waals surface area (Å²) in [4.78, 5) is 13.2. The molecule has 4 nitrogen and oxygen atoms in total. The minimum Gasteiger partial charge on any atom is -0.309 e. The molecule has 0 saturated carbocycles. The van der Waals surface area contributed by atoms with Crippen LogP contribution in [0.5, 0.6) is 0 Å². The number of rotatable bonds is 2. The van der Waals surface area contributed by atoms with Gasteiger partial charge in [0.25, 0.3) is 5.91 Å². The van der Waals surface area contributed by atoms with Crippen LogP contribution in [0.15, 0.2) is 24.3 Å². The zero-order valence-corrected chi connectivity index (χ0v) is 10.3. The molecule has 1 aromatic carbocycles. The lowest BCUT2D eigenvalue weighted by atomic mass is 10.3. The van der Waals surface area contributed by atoms with Crippen LogP contribution in [-0.4, -0.2) is 23.2 Å². The fraction of sp³-hybridized carbons (Fsp3) is 0.100. The molecule has 2 aromatic rings. The van der Waals surface area contributed by atoms with Crippen LogP contribution in [-0.2, 0) is 0 Å². The number of carbonyl (C=O) groups excluding carboxylic acids is 1. The van der Waals surface area contributed by atoms with Crippen molar-refractivity contribution in [2.75, 3.05) is 11.9 Å². The van der Waals surface area contributed by atoms with Crippen molar-refractivity contribution < 1.29 is 9.18 Å². The Morgan fingerprint density at radius 1 is 1.47 bits per heavy atom. The first-order chi connectivity index (χ1) is 8.08. The Balaban J connectivity index is 2.26. The monoisotopic (exact) mass is 271 g/mol. The van der Waals surface area contributed by atoms with Crippen molar-refractivity contribution in [3.05, 3.63) is 39.6 Å². The Labute approximate surface area is 106 Å². The first kappa shape index (κ1) is 11.9. The molecular weight excluding hydrogens is 265 g/mol. The predicted molar refractivity (Wildman–Crippen MR) is 64.1 cm³/mol. The molecule has 17 heavy (non-hydrogen) atoms. The molecule has 1 amide bonds. The van der Waals surface area contributed by atoms with E-state index in [0.29, 0.717) is 5.69 Å². The maximum absolute atomic E-state index is 13.0. The van der Waals surface area contributed by atoms with Crippen LogP contribution in [0, 0.1) is 5.82 Å². The topological polar surface area (TPSA) is 46.1 Å². The third-order valence-corrected chi connectivity index (χ3v) is 3.09. The van der Waals surface area contributed by atoms with Gasteiger partial charge in [0.1, 0.15) is 5.82 Å². The van der Waals surface area contributed by atoms with Gasteiger partial charge in [-0.2, -0.15) is 0 Å². The molecule has 0 unspecified atom stereocenters. The molecular formula is C10H7ClFN3OS. The van der Waals surface area contributed by atoms with Crippen LogP contribution >= 0.6 is 22.9 Å². The van der Waals surface area contributed by atoms with Crippen molar-refractivity contribution >= 4 is 34.5 Å². The Morgan fingerprint density at radius 3 is 2.82 bits per heavy atom. The highest BCUT2D eigenvalue weighted by Crippen LogP contribution is 2.20. The van der Waals surface area contributed by atoms with E-state index in [-0.39, 0.29) is 15.4 Å². The lowest BCUT2D eigenvalue weighted by Gasteiger charge is -2.15. The minimum absolute atomic E-state index is 0.168. The number of benzene rings is 1. The Hall–Kier alpha value is -1.53. The van der Waals surface area contributed by atoms with E-state index in [1.165, 1.54) is 30.1 Å². The highest BCUT2D eigenvalue weighted by atomic mass is 35.5. The lowest BCUT2D eigenvalue weighted by Crippen LogP contribution is -2.26. The van der Waals surface area contributed by atoms with Crippen molar-refractivity contribution in [2.45, 2.75) is 0 Å². The Morgan fingerprint density at radius 2 is 2.24 bits per heavy atom. The molecule has 0 N–H and O–H groups in total. The van der Waals surface area contributed by atoms with Crippen molar-refractivity contribution in [3.8, 4) is 0 Å². The zero-order valence-electron chi connectivity index (χ0n) is 8.72. The molecule has 0 atom stereocenters. The Bertz CT molecular complexity index is 560. The van der Waals surface area contributed by atoms with Gasteiger partial charge in [-0.25, -0.2) is 4.39 Å². The number of hydrogen-bond donors (Lipinski definition) is 0. The smallest absolute Gasteiger partial charge is 0.289 e. The van der Waals surface area contributed by atoms with Crippen LogP contribution in [0.25, 0.3) is 0 Å². The van der Waals surface area contributed by atoms with E-state index in [4.69, 9.17) is 11.6 Å². The molecule has 0 aliphatic heterocycles. The summed E-state index contributed by atoms with van der Waals surface area (Å²) in [5.74, 6) is -0.780. The molecule has 1 aromatic heterocycles. The summed E-state index contributed by atoms with van der Waals surface area (Å²) in [6, 6.07) is 5.73. The van der Waals surface area contributed by atoms with Gasteiger partial charge in [-0.3, -0.25) is 4.79 Å². The lowest BCUT2D eigenvalue weighted by molar-refractivity contribution is 0.0992. The molecule has 88 valence electrons. The maximum Gasteiger partial charge on any atom is 0.289 e. The second-order valence-electron chi connectivity index (χ2n) is 3.20. The number of amides is 1. The van der Waals surface area contributed by atoms with Crippen LogP contribution in [0.2, 0.25) is 4.47 Å². The third kappa shape index (κ3) is 2.59. The molecule has 0 aliphatic carbocycles. The third-order valence-electron chi connectivity index (χ3n) is 2.08. The standard InChI is InChI=1S/C10H7ClFN3OS/c1-15(7-4-2-3-6(12)5-7)9(16)8-13-14-10(11)17-8/h2-5H,1H3. The van der Waals surface area contributed by atoms with Gasteiger partial charge >= 0.3 is 0 Å². The van der Waals surface area contributed by atoms with E-state index in [2.05, 4.69) is 10.2 Å². The number of aromatic nitrogens is 2. The maximum atomic E-state index is 13.0. The van der Waals surface area contributed by atoms with Gasteiger partial charge in [-0.05, 0) is 29.8 Å². The number of carbonyl (C=O) groups is 1. The molecule has 2 rings (SSSR count). The van der Waals surface area contributed by atoms with Gasteiger partial charge in [0, 0.05) is 12.7 Å². The van der Waals surface area contributed by atoms with Crippen molar-refractivity contribution in [1.82, 2.24) is 10.2 Å². The van der Waals surface area contributed by atoms with E-state index in [1.807, 2.05) is 0 Å². The van der Waals surface area contributed by atoms with Gasteiger partial charge in [0.2, 0.25) is 9.47 Å². The summed E-state index contributed by atoms with van der Waals surface area (Å²) in [5.41, 5.74) is 0.446. The summed E-state index contributed by atoms with van der Waals surface area (Å²) in [7, 11) is 1.53. The average molecular weight is 272 g/mol. The van der Waals surface area contributed by atoms with Crippen molar-refractivity contribution in [1.29, 1.82) is 0 Å². The summed E-state index contributed by atoms with van der Waals surface area (Å²) in [5, 5.41) is 7.35. The largest absolute Gasteiger partial charge is 0.309 e. The van der Waals surface area contributed by atoms with Gasteiger partial charge in [0.05, 0.1) is 0 Å². The molecule has 0 radical (unpaired) electrons. The van der Waals surface area contributed by atoms with Crippen LogP contribution in [0.1, 0.15) is 9.80 Å². The minimum atomic E-state index is -0.405. The highest BCUT2D eigenvalue weighted by molar-refractivity contribution is 7.17. The number of halogens is 2. The predicted octanol–water partition coefficient (Wildman–Crippen LogP) is 2.61. The van der Waals surface area contributed by atoms with Gasteiger partial charge in [-0.15, -0.1) is 10.2 Å². The SMILES string of the molecule is CN(C(=O)c1nnc(Cl)s1)c1cccc(F)c1. The van der Waals surface area contributed by atoms with E-state index < -0.39 is 5.82 Å². The molecule has 0 spiro atoms. The van der Waals surface area contributed by atoms with E-state index >= 15 is 0 Å². The first-order valence-corrected chi connectivity index (χ1v) is 5.80. The van der Waals surface area contributed by atoms with Gasteiger partial charge in [0.15, 0.2) is 0 Å². The summed E-state index contributed by atoms with van der Waals surface area (Å²) in [6.07, 6.45) is 0. The van der Waals surface area contributed by atoms with E-state index in [9.17, 15) is 9.18 Å². The second kappa shape index (κ2) is 4.77. The van der Waals surface area contributed by atoms with Gasteiger partial charge in [-0.1, -0.05) is 17.4 Å². The molecule has 0 saturated heterocycles. The molecule has 7 heteroatoms. The average Bonchev–Trinajstić information content (AvgIpc) is 2.74. The second-order valence-corrected chi connectivity index (χ2v) is 4.76. The Kier molecular flexibility index (Phi) is 3.35. The highest BCUT2D eigenvalue weighted by Gasteiger charge is 2.18. The number of hydrogen-bond acceptors (Lipinski definition) is 4. The zero-order chi connectivity index (χ0) is 12.4. The van der Waals surface area contributed by atoms with E-state index in [1.54, 1.807) is 6.07 Å². The number of anilines is 1. The number of nitrogens with zero attached hydrogens (tertiary/aromatic N) is 3. The van der Waals surface area contributed by atoms with Gasteiger partial charge < -0.3 is 4.90 Å².